The molecule has 0 saturated heterocycles. The smallest absolute Gasteiger partial charge is 0.416 e. The lowest BCUT2D eigenvalue weighted by Gasteiger charge is -2.07. The van der Waals surface area contributed by atoms with Crippen LogP contribution in [0.4, 0.5) is 18.9 Å². The number of ether oxygens (including phenoxy) is 1. The van der Waals surface area contributed by atoms with Gasteiger partial charge in [0, 0.05) is 11.6 Å². The summed E-state index contributed by atoms with van der Waals surface area (Å²) >= 11 is 0. The van der Waals surface area contributed by atoms with Crippen molar-refractivity contribution in [1.82, 2.24) is 0 Å². The Labute approximate surface area is 145 Å². The van der Waals surface area contributed by atoms with Gasteiger partial charge >= 0.3 is 11.9 Å². The molecule has 0 unspecified atom stereocenters. The number of hydrogen-bond acceptors (Lipinski definition) is 5. The lowest BCUT2D eigenvalue weighted by Crippen LogP contribution is -2.06. The first kappa shape index (κ1) is 19.0. The zero-order valence-electron chi connectivity index (χ0n) is 13.3. The van der Waals surface area contributed by atoms with Gasteiger partial charge in [-0.05, 0) is 29.8 Å². The van der Waals surface area contributed by atoms with Crippen LogP contribution in [0, 0.1) is 10.1 Å². The molecule has 2 aromatic carbocycles. The maximum atomic E-state index is 12.7. The number of methoxy groups -OCH3 is 1. The highest BCUT2D eigenvalue weighted by Crippen LogP contribution is 2.37. The minimum Gasteiger partial charge on any atom is -0.500 e. The fourth-order valence-electron chi connectivity index (χ4n) is 2.12. The Bertz CT molecular complexity index is 890. The van der Waals surface area contributed by atoms with Crippen molar-refractivity contribution in [1.29, 1.82) is 0 Å². The molecule has 0 amide bonds. The fraction of sp³-hybridized carbons (Fsp3) is 0.118. The number of benzene rings is 2. The van der Waals surface area contributed by atoms with E-state index in [-0.39, 0.29) is 16.9 Å². The van der Waals surface area contributed by atoms with Gasteiger partial charge in [0.15, 0.2) is 11.5 Å². The molecule has 0 aromatic heterocycles. The van der Waals surface area contributed by atoms with Gasteiger partial charge in [-0.1, -0.05) is 18.2 Å². The van der Waals surface area contributed by atoms with Crippen molar-refractivity contribution in [2.75, 3.05) is 7.11 Å². The molecule has 9 heteroatoms. The summed E-state index contributed by atoms with van der Waals surface area (Å²) in [5, 5.41) is 20.6. The molecule has 0 heterocycles. The Balaban J connectivity index is 2.34. The second-order valence-electron chi connectivity index (χ2n) is 5.12. The lowest BCUT2D eigenvalue weighted by atomic mass is 10.1. The number of phenolic OH excluding ortho intramolecular Hbond substituents is 1. The molecule has 0 aliphatic heterocycles. The highest BCUT2D eigenvalue weighted by atomic mass is 19.4. The molecule has 136 valence electrons. The quantitative estimate of drug-likeness (QED) is 0.370. The standard InChI is InChI=1S/C17H12F3NO5/c1-26-15-8-10(7-13(16(15)23)21(24)25)5-6-14(22)11-3-2-4-12(9-11)17(18,19)20/h2-9,23H,1H3. The van der Waals surface area contributed by atoms with Gasteiger partial charge in [0.25, 0.3) is 0 Å². The van der Waals surface area contributed by atoms with E-state index in [4.69, 9.17) is 4.74 Å². The van der Waals surface area contributed by atoms with Crippen molar-refractivity contribution >= 4 is 17.5 Å². The summed E-state index contributed by atoms with van der Waals surface area (Å²) < 4.78 is 42.9. The molecule has 1 N–H and O–H groups in total. The summed E-state index contributed by atoms with van der Waals surface area (Å²) in [6, 6.07) is 6.15. The minimum atomic E-state index is -4.58. The maximum absolute atomic E-state index is 12.7. The Kier molecular flexibility index (Phi) is 5.30. The highest BCUT2D eigenvalue weighted by Gasteiger charge is 2.30. The number of nitro benzene ring substituents is 1. The number of hydrogen-bond donors (Lipinski definition) is 1. The molecule has 26 heavy (non-hydrogen) atoms. The van der Waals surface area contributed by atoms with Gasteiger partial charge in [-0.15, -0.1) is 0 Å². The third kappa shape index (κ3) is 4.18. The number of carbonyl (C=O) groups excluding carboxylic acids is 1. The SMILES string of the molecule is COc1cc(C=CC(=O)c2cccc(C(F)(F)F)c2)cc([N+](=O)[O-])c1O. The van der Waals surface area contributed by atoms with Crippen LogP contribution in [0.1, 0.15) is 21.5 Å². The topological polar surface area (TPSA) is 89.7 Å². The van der Waals surface area contributed by atoms with Gasteiger partial charge in [-0.25, -0.2) is 0 Å². The monoisotopic (exact) mass is 367 g/mol. The highest BCUT2D eigenvalue weighted by molar-refractivity contribution is 6.07. The van der Waals surface area contributed by atoms with Gasteiger partial charge in [-0.2, -0.15) is 13.2 Å². The van der Waals surface area contributed by atoms with E-state index in [9.17, 15) is 33.2 Å². The van der Waals surface area contributed by atoms with E-state index in [2.05, 4.69) is 0 Å². The predicted molar refractivity (Wildman–Crippen MR) is 86.1 cm³/mol. The molecule has 2 rings (SSSR count). The van der Waals surface area contributed by atoms with E-state index in [0.717, 1.165) is 24.3 Å². The number of alkyl halides is 3. The number of carbonyl (C=O) groups is 1. The summed E-state index contributed by atoms with van der Waals surface area (Å²) in [4.78, 5) is 22.2. The summed E-state index contributed by atoms with van der Waals surface area (Å²) in [5.41, 5.74) is -1.61. The minimum absolute atomic E-state index is 0.159. The van der Waals surface area contributed by atoms with Crippen molar-refractivity contribution in [3.8, 4) is 11.5 Å². The van der Waals surface area contributed by atoms with Crippen molar-refractivity contribution < 1.29 is 32.7 Å². The molecule has 0 bridgehead atoms. The zero-order chi connectivity index (χ0) is 19.5. The number of halogens is 3. The van der Waals surface area contributed by atoms with E-state index in [1.165, 1.54) is 25.3 Å². The molecule has 0 aliphatic rings. The van der Waals surface area contributed by atoms with Crippen LogP contribution >= 0.6 is 0 Å². The first-order chi connectivity index (χ1) is 12.1. The van der Waals surface area contributed by atoms with Gasteiger partial charge in [0.2, 0.25) is 5.75 Å². The Morgan fingerprint density at radius 1 is 1.27 bits per heavy atom. The number of nitrogens with zero attached hydrogens (tertiary/aromatic N) is 1. The van der Waals surface area contributed by atoms with Crippen LogP contribution in [-0.2, 0) is 6.18 Å². The zero-order valence-corrected chi connectivity index (χ0v) is 13.3. The van der Waals surface area contributed by atoms with Crippen molar-refractivity contribution in [3.63, 3.8) is 0 Å². The van der Waals surface area contributed by atoms with E-state index < -0.39 is 33.9 Å². The summed E-state index contributed by atoms with van der Waals surface area (Å²) in [7, 11) is 1.19. The second kappa shape index (κ2) is 7.26. The first-order valence-electron chi connectivity index (χ1n) is 7.08. The Hall–Kier alpha value is -3.36. The van der Waals surface area contributed by atoms with Gasteiger partial charge in [0.1, 0.15) is 0 Å². The van der Waals surface area contributed by atoms with E-state index in [1.807, 2.05) is 0 Å². The van der Waals surface area contributed by atoms with Gasteiger partial charge in [0.05, 0.1) is 17.6 Å². The van der Waals surface area contributed by atoms with Crippen LogP contribution in [0.15, 0.2) is 42.5 Å². The summed E-state index contributed by atoms with van der Waals surface area (Å²) in [6.07, 6.45) is -2.42. The van der Waals surface area contributed by atoms with E-state index in [1.54, 1.807) is 0 Å². The fourth-order valence-corrected chi connectivity index (χ4v) is 2.12. The molecule has 0 aliphatic carbocycles. The van der Waals surface area contributed by atoms with Crippen molar-refractivity contribution in [2.45, 2.75) is 6.18 Å². The second-order valence-corrected chi connectivity index (χ2v) is 5.12. The number of phenols is 1. The molecular weight excluding hydrogens is 355 g/mol. The summed E-state index contributed by atoms with van der Waals surface area (Å²) in [6.45, 7) is 0. The molecule has 6 nitrogen and oxygen atoms in total. The predicted octanol–water partition coefficient (Wildman–Crippen LogP) is 4.22. The largest absolute Gasteiger partial charge is 0.500 e. The molecular formula is C17H12F3NO5. The number of nitro groups is 1. The lowest BCUT2D eigenvalue weighted by molar-refractivity contribution is -0.386. The average Bonchev–Trinajstić information content (AvgIpc) is 2.59. The van der Waals surface area contributed by atoms with Crippen molar-refractivity contribution in [3.05, 3.63) is 69.3 Å². The third-order valence-electron chi connectivity index (χ3n) is 3.40. The average molecular weight is 367 g/mol. The molecule has 0 atom stereocenters. The Morgan fingerprint density at radius 3 is 2.54 bits per heavy atom. The van der Waals surface area contributed by atoms with Crippen LogP contribution in [0.25, 0.3) is 6.08 Å². The molecule has 0 radical (unpaired) electrons. The van der Waals surface area contributed by atoms with Crippen LogP contribution in [0.3, 0.4) is 0 Å². The van der Waals surface area contributed by atoms with Crippen LogP contribution in [0.5, 0.6) is 11.5 Å². The van der Waals surface area contributed by atoms with Crippen molar-refractivity contribution in [2.24, 2.45) is 0 Å². The molecule has 2 aromatic rings. The number of rotatable bonds is 5. The Morgan fingerprint density at radius 2 is 1.96 bits per heavy atom. The van der Waals surface area contributed by atoms with E-state index >= 15 is 0 Å². The normalized spacial score (nSPS) is 11.5. The number of aromatic hydroxyl groups is 1. The van der Waals surface area contributed by atoms with Crippen LogP contribution < -0.4 is 4.74 Å². The van der Waals surface area contributed by atoms with E-state index in [0.29, 0.717) is 6.07 Å². The number of allylic oxidation sites excluding steroid dienone is 1. The molecule has 0 fully saturated rings. The van der Waals surface area contributed by atoms with Crippen LogP contribution in [-0.4, -0.2) is 22.9 Å². The van der Waals surface area contributed by atoms with Gasteiger partial charge < -0.3 is 9.84 Å². The molecule has 0 saturated carbocycles. The van der Waals surface area contributed by atoms with Crippen LogP contribution in [0.2, 0.25) is 0 Å². The molecule has 0 spiro atoms. The third-order valence-corrected chi connectivity index (χ3v) is 3.40. The first-order valence-corrected chi connectivity index (χ1v) is 7.08. The van der Waals surface area contributed by atoms with Gasteiger partial charge in [-0.3, -0.25) is 14.9 Å². The summed E-state index contributed by atoms with van der Waals surface area (Å²) in [5.74, 6) is -1.56. The maximum Gasteiger partial charge on any atom is 0.416 e. The number of ketones is 1.